The molecule has 0 spiro atoms. The van der Waals surface area contributed by atoms with E-state index in [-0.39, 0.29) is 16.9 Å². The molecule has 8 nitrogen and oxygen atoms in total. The maximum atomic E-state index is 12.2. The Morgan fingerprint density at radius 2 is 1.70 bits per heavy atom. The molecule has 23 heavy (non-hydrogen) atoms. The van der Waals surface area contributed by atoms with Gasteiger partial charge in [0.25, 0.3) is 5.56 Å². The fourth-order valence-corrected chi connectivity index (χ4v) is 1.98. The van der Waals surface area contributed by atoms with Gasteiger partial charge in [0, 0.05) is 14.1 Å². The van der Waals surface area contributed by atoms with E-state index in [4.69, 9.17) is 10.5 Å². The average Bonchev–Trinajstić information content (AvgIpc) is 2.57. The highest BCUT2D eigenvalue weighted by Gasteiger charge is 2.21. The van der Waals surface area contributed by atoms with Crippen LogP contribution in [-0.4, -0.2) is 27.5 Å². The first-order chi connectivity index (χ1) is 10.8. The largest absolute Gasteiger partial charge is 0.454 e. The van der Waals surface area contributed by atoms with Crippen LogP contribution in [0.15, 0.2) is 39.9 Å². The summed E-state index contributed by atoms with van der Waals surface area (Å²) in [7, 11) is 2.57. The van der Waals surface area contributed by atoms with Gasteiger partial charge < -0.3 is 10.5 Å². The number of ketones is 1. The number of ether oxygens (including phenoxy) is 1. The van der Waals surface area contributed by atoms with Crippen molar-refractivity contribution in [3.63, 3.8) is 0 Å². The second-order valence-electron chi connectivity index (χ2n) is 4.83. The number of nitrogens with zero attached hydrogens (tertiary/aromatic N) is 2. The van der Waals surface area contributed by atoms with Gasteiger partial charge in [-0.2, -0.15) is 0 Å². The summed E-state index contributed by atoms with van der Waals surface area (Å²) in [5, 5.41) is 0. The normalized spacial score (nSPS) is 10.3. The first-order valence-electron chi connectivity index (χ1n) is 6.65. The van der Waals surface area contributed by atoms with Gasteiger partial charge in [-0.25, -0.2) is 9.59 Å². The summed E-state index contributed by atoms with van der Waals surface area (Å²) in [4.78, 5) is 47.7. The van der Waals surface area contributed by atoms with Gasteiger partial charge in [-0.15, -0.1) is 0 Å². The molecule has 0 aliphatic heterocycles. The van der Waals surface area contributed by atoms with Crippen molar-refractivity contribution >= 4 is 17.6 Å². The third-order valence-electron chi connectivity index (χ3n) is 3.33. The van der Waals surface area contributed by atoms with Crippen LogP contribution in [0.25, 0.3) is 0 Å². The van der Waals surface area contributed by atoms with Crippen LogP contribution in [-0.2, 0) is 18.8 Å². The molecule has 0 unspecified atom stereocenters. The second kappa shape index (κ2) is 6.30. The molecule has 1 heterocycles. The van der Waals surface area contributed by atoms with E-state index < -0.39 is 29.6 Å². The number of rotatable bonds is 4. The lowest BCUT2D eigenvalue weighted by molar-refractivity contribution is 0.0474. The Morgan fingerprint density at radius 3 is 2.30 bits per heavy atom. The van der Waals surface area contributed by atoms with Crippen LogP contribution >= 0.6 is 0 Å². The monoisotopic (exact) mass is 317 g/mol. The molecule has 0 fully saturated rings. The van der Waals surface area contributed by atoms with Crippen LogP contribution in [0.3, 0.4) is 0 Å². The minimum Gasteiger partial charge on any atom is -0.454 e. The number of Topliss-reactive ketones (excluding diaryl/α,β-unsaturated/α-hetero) is 1. The zero-order valence-electron chi connectivity index (χ0n) is 12.6. The van der Waals surface area contributed by atoms with Gasteiger partial charge >= 0.3 is 11.7 Å². The lowest BCUT2D eigenvalue weighted by atomic mass is 10.2. The summed E-state index contributed by atoms with van der Waals surface area (Å²) in [6, 6.07) is 8.11. The summed E-state index contributed by atoms with van der Waals surface area (Å²) < 4.78 is 6.63. The van der Waals surface area contributed by atoms with Crippen molar-refractivity contribution in [1.29, 1.82) is 0 Å². The fraction of sp³-hybridized carbons (Fsp3) is 0.200. The molecular formula is C15H15N3O5. The highest BCUT2D eigenvalue weighted by atomic mass is 16.5. The molecule has 1 aromatic heterocycles. The Kier molecular flexibility index (Phi) is 4.44. The zero-order valence-corrected chi connectivity index (χ0v) is 12.6. The number of nitrogen functional groups attached to an aromatic ring is 1. The number of hydrogen-bond acceptors (Lipinski definition) is 6. The summed E-state index contributed by atoms with van der Waals surface area (Å²) in [6.45, 7) is -0.647. The van der Waals surface area contributed by atoms with Gasteiger partial charge in [0.2, 0.25) is 5.78 Å². The maximum absolute atomic E-state index is 12.2. The van der Waals surface area contributed by atoms with Crippen LogP contribution in [0.5, 0.6) is 0 Å². The van der Waals surface area contributed by atoms with Gasteiger partial charge in [-0.1, -0.05) is 18.2 Å². The summed E-state index contributed by atoms with van der Waals surface area (Å²) in [5.74, 6) is -1.74. The Bertz CT molecular complexity index is 880. The molecular weight excluding hydrogens is 302 g/mol. The minimum atomic E-state index is -0.827. The predicted octanol–water partition coefficient (Wildman–Crippen LogP) is -0.294. The van der Waals surface area contributed by atoms with Crippen molar-refractivity contribution in [2.45, 2.75) is 0 Å². The average molecular weight is 317 g/mol. The molecule has 0 bridgehead atoms. The highest BCUT2D eigenvalue weighted by Crippen LogP contribution is 2.06. The molecule has 0 saturated heterocycles. The molecule has 0 atom stereocenters. The standard InChI is InChI=1S/C15H15N3O5/c1-17-12(16)11(13(20)18(2)15(17)22)10(19)8-23-14(21)9-6-4-3-5-7-9/h3-7H,8,16H2,1-2H3. The fourth-order valence-electron chi connectivity index (χ4n) is 1.98. The Morgan fingerprint density at radius 1 is 1.09 bits per heavy atom. The number of esters is 1. The number of benzene rings is 1. The van der Waals surface area contributed by atoms with Crippen LogP contribution in [0.1, 0.15) is 20.7 Å². The smallest absolute Gasteiger partial charge is 0.338 e. The van der Waals surface area contributed by atoms with E-state index in [0.717, 1.165) is 9.13 Å². The number of hydrogen-bond donors (Lipinski definition) is 1. The van der Waals surface area contributed by atoms with Crippen LogP contribution < -0.4 is 17.0 Å². The minimum absolute atomic E-state index is 0.265. The number of carbonyl (C=O) groups is 2. The molecule has 2 aromatic rings. The van der Waals surface area contributed by atoms with E-state index >= 15 is 0 Å². The van der Waals surface area contributed by atoms with E-state index in [9.17, 15) is 19.2 Å². The molecule has 0 aliphatic rings. The number of nitrogens with two attached hydrogens (primary N) is 1. The van der Waals surface area contributed by atoms with Crippen molar-refractivity contribution in [2.24, 2.45) is 14.1 Å². The molecule has 0 saturated carbocycles. The maximum Gasteiger partial charge on any atom is 0.338 e. The van der Waals surface area contributed by atoms with Crippen molar-refractivity contribution in [2.75, 3.05) is 12.3 Å². The Balaban J connectivity index is 2.24. The molecule has 2 N–H and O–H groups in total. The number of anilines is 1. The van der Waals surface area contributed by atoms with Crippen molar-refractivity contribution in [3.05, 3.63) is 62.3 Å². The van der Waals surface area contributed by atoms with E-state index in [2.05, 4.69) is 0 Å². The SMILES string of the molecule is Cn1c(N)c(C(=O)COC(=O)c2ccccc2)c(=O)n(C)c1=O. The third kappa shape index (κ3) is 3.05. The topological polar surface area (TPSA) is 113 Å². The van der Waals surface area contributed by atoms with Crippen molar-refractivity contribution in [1.82, 2.24) is 9.13 Å². The number of carbonyl (C=O) groups excluding carboxylic acids is 2. The first-order valence-corrected chi connectivity index (χ1v) is 6.65. The molecule has 2 rings (SSSR count). The quantitative estimate of drug-likeness (QED) is 0.612. The molecule has 0 amide bonds. The van der Waals surface area contributed by atoms with E-state index in [1.807, 2.05) is 0 Å². The number of aromatic nitrogens is 2. The summed E-state index contributed by atoms with van der Waals surface area (Å²) in [6.07, 6.45) is 0. The Labute approximate surface area is 130 Å². The van der Waals surface area contributed by atoms with Gasteiger partial charge in [-0.3, -0.25) is 18.7 Å². The van der Waals surface area contributed by atoms with Gasteiger partial charge in [0.15, 0.2) is 6.61 Å². The van der Waals surface area contributed by atoms with Gasteiger partial charge in [0.05, 0.1) is 5.56 Å². The van der Waals surface area contributed by atoms with E-state index in [0.29, 0.717) is 0 Å². The molecule has 120 valence electrons. The van der Waals surface area contributed by atoms with Crippen molar-refractivity contribution < 1.29 is 14.3 Å². The summed E-state index contributed by atoms with van der Waals surface area (Å²) in [5.41, 5.74) is 4.08. The van der Waals surface area contributed by atoms with Crippen LogP contribution in [0, 0.1) is 0 Å². The molecule has 1 aromatic carbocycles. The van der Waals surface area contributed by atoms with Gasteiger partial charge in [-0.05, 0) is 12.1 Å². The lowest BCUT2D eigenvalue weighted by Gasteiger charge is -2.11. The van der Waals surface area contributed by atoms with Crippen molar-refractivity contribution in [3.8, 4) is 0 Å². The Hall–Kier alpha value is -3.16. The van der Waals surface area contributed by atoms with Crippen LogP contribution in [0.2, 0.25) is 0 Å². The van der Waals surface area contributed by atoms with Crippen LogP contribution in [0.4, 0.5) is 5.82 Å². The molecule has 8 heteroatoms. The van der Waals surface area contributed by atoms with E-state index in [1.54, 1.807) is 18.2 Å². The zero-order chi connectivity index (χ0) is 17.1. The lowest BCUT2D eigenvalue weighted by Crippen LogP contribution is -2.42. The van der Waals surface area contributed by atoms with E-state index in [1.165, 1.54) is 26.2 Å². The molecule has 0 radical (unpaired) electrons. The highest BCUT2D eigenvalue weighted by molar-refractivity contribution is 6.02. The van der Waals surface area contributed by atoms with Gasteiger partial charge in [0.1, 0.15) is 11.4 Å². The first kappa shape index (κ1) is 16.2. The summed E-state index contributed by atoms with van der Waals surface area (Å²) >= 11 is 0. The molecule has 0 aliphatic carbocycles. The third-order valence-corrected chi connectivity index (χ3v) is 3.33. The second-order valence-corrected chi connectivity index (χ2v) is 4.83. The predicted molar refractivity (Wildman–Crippen MR) is 82.4 cm³/mol.